The van der Waals surface area contributed by atoms with Gasteiger partial charge in [0.05, 0.1) is 5.54 Å². The van der Waals surface area contributed by atoms with Gasteiger partial charge in [-0.25, -0.2) is 4.98 Å². The summed E-state index contributed by atoms with van der Waals surface area (Å²) >= 11 is 0. The molecule has 2 unspecified atom stereocenters. The van der Waals surface area contributed by atoms with Gasteiger partial charge in [-0.1, -0.05) is 13.3 Å². The minimum atomic E-state index is -0.732. The molecule has 1 aromatic heterocycles. The molecule has 1 saturated heterocycles. The summed E-state index contributed by atoms with van der Waals surface area (Å²) in [6, 6.07) is 0. The molecule has 1 aromatic rings. The smallest absolute Gasteiger partial charge is 0.242 e. The first-order valence-electron chi connectivity index (χ1n) is 7.43. The van der Waals surface area contributed by atoms with Gasteiger partial charge >= 0.3 is 0 Å². The zero-order chi connectivity index (χ0) is 14.6. The van der Waals surface area contributed by atoms with Crippen LogP contribution in [-0.2, 0) is 11.3 Å². The molecule has 1 fully saturated rings. The average molecular weight is 279 g/mol. The maximum atomic E-state index is 12.5. The van der Waals surface area contributed by atoms with Gasteiger partial charge in [0, 0.05) is 19.6 Å². The summed E-state index contributed by atoms with van der Waals surface area (Å²) in [7, 11) is 0. The van der Waals surface area contributed by atoms with Crippen LogP contribution in [0.3, 0.4) is 0 Å². The Kier molecular flexibility index (Phi) is 4.75. The van der Waals surface area contributed by atoms with Crippen LogP contribution in [0.5, 0.6) is 0 Å². The molecule has 0 spiro atoms. The summed E-state index contributed by atoms with van der Waals surface area (Å²) in [5.74, 6) is 0.523. The van der Waals surface area contributed by atoms with Crippen molar-refractivity contribution >= 4 is 5.91 Å². The zero-order valence-corrected chi connectivity index (χ0v) is 12.5. The minimum absolute atomic E-state index is 0.0858. The monoisotopic (exact) mass is 279 g/mol. The van der Waals surface area contributed by atoms with Gasteiger partial charge in [0.15, 0.2) is 0 Å². The Morgan fingerprint density at radius 1 is 1.55 bits per heavy atom. The summed E-state index contributed by atoms with van der Waals surface area (Å²) < 4.78 is 1.84. The van der Waals surface area contributed by atoms with Crippen LogP contribution >= 0.6 is 0 Å². The Balaban J connectivity index is 1.94. The van der Waals surface area contributed by atoms with Crippen molar-refractivity contribution in [3.05, 3.63) is 12.7 Å². The first-order chi connectivity index (χ1) is 9.53. The third kappa shape index (κ3) is 3.56. The van der Waals surface area contributed by atoms with E-state index in [2.05, 4.69) is 17.0 Å². The highest BCUT2D eigenvalue weighted by atomic mass is 16.2. The fraction of sp³-hybridized carbons (Fsp3) is 0.786. The Morgan fingerprint density at radius 2 is 2.35 bits per heavy atom. The standard InChI is InChI=1S/C14H25N5O/c1-3-6-14(2,15)13(20)18-7-4-5-12(8-18)9-19-11-16-10-17-19/h10-12H,3-9,15H2,1-2H3. The van der Waals surface area contributed by atoms with E-state index >= 15 is 0 Å². The molecule has 1 aliphatic heterocycles. The van der Waals surface area contributed by atoms with Crippen molar-refractivity contribution in [2.45, 2.75) is 51.6 Å². The lowest BCUT2D eigenvalue weighted by molar-refractivity contribution is -0.138. The van der Waals surface area contributed by atoms with Crippen molar-refractivity contribution in [3.63, 3.8) is 0 Å². The normalized spacial score (nSPS) is 22.6. The predicted molar refractivity (Wildman–Crippen MR) is 76.8 cm³/mol. The van der Waals surface area contributed by atoms with Gasteiger partial charge in [-0.3, -0.25) is 9.48 Å². The number of carbonyl (C=O) groups excluding carboxylic acids is 1. The Bertz CT molecular complexity index is 429. The maximum Gasteiger partial charge on any atom is 0.242 e. The molecule has 1 aliphatic rings. The van der Waals surface area contributed by atoms with Crippen LogP contribution < -0.4 is 5.73 Å². The molecule has 2 atom stereocenters. The number of hydrogen-bond donors (Lipinski definition) is 1. The van der Waals surface area contributed by atoms with E-state index in [-0.39, 0.29) is 5.91 Å². The molecule has 2 N–H and O–H groups in total. The van der Waals surface area contributed by atoms with E-state index in [1.807, 2.05) is 16.5 Å². The molecule has 2 rings (SSSR count). The highest BCUT2D eigenvalue weighted by molar-refractivity contribution is 5.85. The molecule has 20 heavy (non-hydrogen) atoms. The van der Waals surface area contributed by atoms with Gasteiger partial charge in [0.1, 0.15) is 12.7 Å². The number of rotatable bonds is 5. The fourth-order valence-corrected chi connectivity index (χ4v) is 2.98. The molecule has 6 nitrogen and oxygen atoms in total. The molecule has 112 valence electrons. The largest absolute Gasteiger partial charge is 0.341 e. The van der Waals surface area contributed by atoms with Crippen LogP contribution in [-0.4, -0.2) is 44.2 Å². The van der Waals surface area contributed by atoms with Gasteiger partial charge < -0.3 is 10.6 Å². The number of piperidine rings is 1. The maximum absolute atomic E-state index is 12.5. The van der Waals surface area contributed by atoms with Gasteiger partial charge in [-0.15, -0.1) is 0 Å². The molecule has 0 aliphatic carbocycles. The van der Waals surface area contributed by atoms with Crippen molar-refractivity contribution in [2.24, 2.45) is 11.7 Å². The molecule has 0 radical (unpaired) electrons. The molecule has 0 bridgehead atoms. The molecule has 0 aromatic carbocycles. The van der Waals surface area contributed by atoms with E-state index in [0.717, 1.165) is 45.3 Å². The predicted octanol–water partition coefficient (Wildman–Crippen LogP) is 1.03. The molecular weight excluding hydrogens is 254 g/mol. The summed E-state index contributed by atoms with van der Waals surface area (Å²) in [5, 5.41) is 4.14. The van der Waals surface area contributed by atoms with Crippen molar-refractivity contribution in [1.29, 1.82) is 0 Å². The van der Waals surface area contributed by atoms with Crippen LogP contribution in [0.2, 0.25) is 0 Å². The molecule has 0 saturated carbocycles. The van der Waals surface area contributed by atoms with Crippen molar-refractivity contribution in [1.82, 2.24) is 19.7 Å². The van der Waals surface area contributed by atoms with Gasteiger partial charge in [-0.2, -0.15) is 5.10 Å². The summed E-state index contributed by atoms with van der Waals surface area (Å²) in [4.78, 5) is 18.4. The van der Waals surface area contributed by atoms with Gasteiger partial charge in [-0.05, 0) is 32.1 Å². The summed E-state index contributed by atoms with van der Waals surface area (Å²) in [6.07, 6.45) is 7.09. The van der Waals surface area contributed by atoms with Crippen LogP contribution in [0.1, 0.15) is 39.5 Å². The first kappa shape index (κ1) is 15.0. The molecular formula is C14H25N5O. The average Bonchev–Trinajstić information content (AvgIpc) is 2.91. The van der Waals surface area contributed by atoms with Crippen LogP contribution in [0.25, 0.3) is 0 Å². The third-order valence-electron chi connectivity index (χ3n) is 3.98. The number of aromatic nitrogens is 3. The zero-order valence-electron chi connectivity index (χ0n) is 12.5. The second-order valence-electron chi connectivity index (χ2n) is 6.04. The number of likely N-dealkylation sites (tertiary alicyclic amines) is 1. The highest BCUT2D eigenvalue weighted by Gasteiger charge is 2.34. The van der Waals surface area contributed by atoms with Crippen molar-refractivity contribution < 1.29 is 4.79 Å². The fourth-order valence-electron chi connectivity index (χ4n) is 2.98. The lowest BCUT2D eigenvalue weighted by Crippen LogP contribution is -2.55. The molecule has 1 amide bonds. The Labute approximate surface area is 120 Å². The van der Waals surface area contributed by atoms with E-state index in [9.17, 15) is 4.79 Å². The van der Waals surface area contributed by atoms with Crippen LogP contribution in [0.4, 0.5) is 0 Å². The van der Waals surface area contributed by atoms with Crippen molar-refractivity contribution in [3.8, 4) is 0 Å². The highest BCUT2D eigenvalue weighted by Crippen LogP contribution is 2.21. The SMILES string of the molecule is CCCC(C)(N)C(=O)N1CCCC(Cn2cncn2)C1. The lowest BCUT2D eigenvalue weighted by Gasteiger charge is -2.37. The summed E-state index contributed by atoms with van der Waals surface area (Å²) in [6.45, 7) is 6.32. The molecule has 2 heterocycles. The van der Waals surface area contributed by atoms with Crippen LogP contribution in [0, 0.1) is 5.92 Å². The van der Waals surface area contributed by atoms with E-state index in [1.54, 1.807) is 12.7 Å². The quantitative estimate of drug-likeness (QED) is 0.873. The second kappa shape index (κ2) is 6.35. The molecule has 6 heteroatoms. The number of nitrogens with two attached hydrogens (primary N) is 1. The Hall–Kier alpha value is -1.43. The van der Waals surface area contributed by atoms with Gasteiger partial charge in [0.25, 0.3) is 0 Å². The van der Waals surface area contributed by atoms with Crippen molar-refractivity contribution in [2.75, 3.05) is 13.1 Å². The van der Waals surface area contributed by atoms with E-state index in [0.29, 0.717) is 5.92 Å². The van der Waals surface area contributed by atoms with Crippen LogP contribution in [0.15, 0.2) is 12.7 Å². The van der Waals surface area contributed by atoms with Gasteiger partial charge in [0.2, 0.25) is 5.91 Å². The topological polar surface area (TPSA) is 77.0 Å². The number of nitrogens with zero attached hydrogens (tertiary/aromatic N) is 4. The third-order valence-corrected chi connectivity index (χ3v) is 3.98. The van der Waals surface area contributed by atoms with E-state index in [4.69, 9.17) is 5.73 Å². The second-order valence-corrected chi connectivity index (χ2v) is 6.04. The number of amides is 1. The first-order valence-corrected chi connectivity index (χ1v) is 7.43. The summed E-state index contributed by atoms with van der Waals surface area (Å²) in [5.41, 5.74) is 5.43. The lowest BCUT2D eigenvalue weighted by atomic mass is 9.92. The number of hydrogen-bond acceptors (Lipinski definition) is 4. The number of carbonyl (C=O) groups is 1. The van der Waals surface area contributed by atoms with E-state index < -0.39 is 5.54 Å². The van der Waals surface area contributed by atoms with E-state index in [1.165, 1.54) is 0 Å². The Morgan fingerprint density at radius 3 is 3.00 bits per heavy atom. The minimum Gasteiger partial charge on any atom is -0.341 e.